The molecule has 0 aromatic heterocycles. The molecule has 9 atom stereocenters. The highest BCUT2D eigenvalue weighted by atomic mass is 16.7. The molecule has 0 bridgehead atoms. The molecule has 0 saturated carbocycles. The van der Waals surface area contributed by atoms with Gasteiger partial charge in [-0.3, -0.25) is 19.2 Å². The molecule has 5 N–H and O–H groups in total. The highest BCUT2D eigenvalue weighted by Gasteiger charge is 2.53. The van der Waals surface area contributed by atoms with Crippen LogP contribution in [0.3, 0.4) is 0 Å². The predicted octanol–water partition coefficient (Wildman–Crippen LogP) is 2.37. The molecule has 1 fully saturated rings. The lowest BCUT2D eigenvalue weighted by Crippen LogP contribution is -2.63. The number of carbonyl (C=O) groups is 4. The van der Waals surface area contributed by atoms with Crippen molar-refractivity contribution in [1.29, 1.82) is 0 Å². The minimum absolute atomic E-state index is 0.000621. The summed E-state index contributed by atoms with van der Waals surface area (Å²) in [5, 5.41) is 49.9. The summed E-state index contributed by atoms with van der Waals surface area (Å²) in [4.78, 5) is 51.7. The molecule has 0 aromatic rings. The van der Waals surface area contributed by atoms with Gasteiger partial charge in [0.15, 0.2) is 24.6 Å². The average molecular weight is 723 g/mol. The van der Waals surface area contributed by atoms with E-state index >= 15 is 0 Å². The van der Waals surface area contributed by atoms with Crippen molar-refractivity contribution in [3.63, 3.8) is 0 Å². The second-order valence-corrected chi connectivity index (χ2v) is 12.7. The number of hydrogen-bond donors (Lipinski definition) is 5. The van der Waals surface area contributed by atoms with Crippen LogP contribution in [-0.2, 0) is 47.6 Å². The van der Waals surface area contributed by atoms with Crippen LogP contribution in [0.25, 0.3) is 0 Å². The molecule has 0 spiro atoms. The molecular formula is C35H62O15. The first-order valence-electron chi connectivity index (χ1n) is 18.3. The van der Waals surface area contributed by atoms with Crippen LogP contribution in [0.2, 0.25) is 0 Å². The van der Waals surface area contributed by atoms with Gasteiger partial charge in [-0.05, 0) is 25.7 Å². The number of aliphatic hydroxyl groups is 5. The van der Waals surface area contributed by atoms with Crippen LogP contribution in [-0.4, -0.2) is 124 Å². The van der Waals surface area contributed by atoms with E-state index in [0.717, 1.165) is 32.1 Å². The molecule has 0 radical (unpaired) electrons. The molecule has 1 aliphatic heterocycles. The minimum atomic E-state index is -1.98. The van der Waals surface area contributed by atoms with Gasteiger partial charge in [0, 0.05) is 25.7 Å². The maximum atomic E-state index is 13.2. The number of esters is 4. The van der Waals surface area contributed by atoms with Crippen LogP contribution in [0, 0.1) is 0 Å². The quantitative estimate of drug-likeness (QED) is 0.0466. The van der Waals surface area contributed by atoms with Gasteiger partial charge in [0.1, 0.15) is 37.1 Å². The zero-order valence-corrected chi connectivity index (χ0v) is 30.2. The summed E-state index contributed by atoms with van der Waals surface area (Å²) in [5.74, 6) is -2.55. The van der Waals surface area contributed by atoms with E-state index in [0.29, 0.717) is 38.5 Å². The van der Waals surface area contributed by atoms with E-state index in [2.05, 4.69) is 6.92 Å². The van der Waals surface area contributed by atoms with Crippen LogP contribution in [0.15, 0.2) is 0 Å². The maximum absolute atomic E-state index is 13.2. The molecule has 0 amide bonds. The van der Waals surface area contributed by atoms with E-state index in [1.807, 2.05) is 20.8 Å². The summed E-state index contributed by atoms with van der Waals surface area (Å²) in [5.41, 5.74) is 0. The summed E-state index contributed by atoms with van der Waals surface area (Å²) in [6, 6.07) is 0. The largest absolute Gasteiger partial charge is 0.463 e. The third-order valence-electron chi connectivity index (χ3n) is 8.25. The van der Waals surface area contributed by atoms with Crippen molar-refractivity contribution < 1.29 is 73.1 Å². The number of carbonyl (C=O) groups excluding carboxylic acids is 4. The number of aliphatic hydroxyl groups excluding tert-OH is 5. The Morgan fingerprint density at radius 2 is 1.04 bits per heavy atom. The van der Waals surface area contributed by atoms with Gasteiger partial charge >= 0.3 is 23.9 Å². The Hall–Kier alpha value is -2.40. The topological polar surface area (TPSA) is 225 Å². The number of ether oxygens (including phenoxy) is 6. The number of unbranched alkanes of at least 4 members (excludes halogenated alkanes) is 7. The molecule has 1 rings (SSSR count). The molecule has 0 unspecified atom stereocenters. The summed E-state index contributed by atoms with van der Waals surface area (Å²) in [6.07, 6.45) is -6.83. The lowest BCUT2D eigenvalue weighted by atomic mass is 9.97. The monoisotopic (exact) mass is 722 g/mol. The van der Waals surface area contributed by atoms with Gasteiger partial charge in [0.2, 0.25) is 0 Å². The van der Waals surface area contributed by atoms with Gasteiger partial charge in [-0.2, -0.15) is 0 Å². The second-order valence-electron chi connectivity index (χ2n) is 12.7. The second kappa shape index (κ2) is 26.4. The Bertz CT molecular complexity index is 962. The van der Waals surface area contributed by atoms with E-state index in [1.165, 1.54) is 0 Å². The lowest BCUT2D eigenvalue weighted by molar-refractivity contribution is -0.313. The highest BCUT2D eigenvalue weighted by Crippen LogP contribution is 2.31. The summed E-state index contributed by atoms with van der Waals surface area (Å²) in [6.45, 7) is 5.64. The highest BCUT2D eigenvalue weighted by molar-refractivity contribution is 5.72. The lowest BCUT2D eigenvalue weighted by Gasteiger charge is -2.44. The van der Waals surface area contributed by atoms with Crippen molar-refractivity contribution in [1.82, 2.24) is 0 Å². The number of hydrogen-bond acceptors (Lipinski definition) is 15. The number of rotatable bonds is 27. The van der Waals surface area contributed by atoms with Crippen molar-refractivity contribution in [2.75, 3.05) is 19.8 Å². The first-order valence-corrected chi connectivity index (χ1v) is 18.3. The van der Waals surface area contributed by atoms with Crippen LogP contribution in [0.5, 0.6) is 0 Å². The Morgan fingerprint density at radius 1 is 0.580 bits per heavy atom. The Labute approximate surface area is 295 Å². The van der Waals surface area contributed by atoms with Crippen LogP contribution < -0.4 is 0 Å². The fourth-order valence-electron chi connectivity index (χ4n) is 5.12. The summed E-state index contributed by atoms with van der Waals surface area (Å²) < 4.78 is 34.8. The molecule has 15 nitrogen and oxygen atoms in total. The van der Waals surface area contributed by atoms with E-state index in [4.69, 9.17) is 33.5 Å². The third kappa shape index (κ3) is 17.2. The van der Waals surface area contributed by atoms with Gasteiger partial charge in [-0.1, -0.05) is 72.6 Å². The van der Waals surface area contributed by atoms with Crippen LogP contribution in [0.4, 0.5) is 0 Å². The molecule has 0 aromatic carbocycles. The van der Waals surface area contributed by atoms with E-state index in [9.17, 15) is 39.6 Å². The maximum Gasteiger partial charge on any atom is 0.306 e. The third-order valence-corrected chi connectivity index (χ3v) is 8.25. The molecule has 50 heavy (non-hydrogen) atoms. The summed E-state index contributed by atoms with van der Waals surface area (Å²) >= 11 is 0. The zero-order chi connectivity index (χ0) is 37.5. The fraction of sp³-hybridized carbons (Fsp3) is 0.886. The normalized spacial score (nSPS) is 22.9. The zero-order valence-electron chi connectivity index (χ0n) is 30.2. The standard InChI is InChI=1S/C35H62O15/c1-5-9-13-14-15-19-29(42)50-34-33(49-28(41)18-12-8-4)32(48-27(40)17-11-7-3)25(22-45-26(39)16-10-6-2)47-35(34)46-21-24(38)31(44)30(43)23(37)20-36/h23-25,30-38,43-44H,5-22H2,1-4H3/t23-,24-,25-,30-,31-,32-,33+,34+,35-/m1/s1. The molecule has 15 heteroatoms. The molecule has 292 valence electrons. The Kier molecular flexibility index (Phi) is 24.1. The molecular weight excluding hydrogens is 660 g/mol. The van der Waals surface area contributed by atoms with Gasteiger partial charge in [0.05, 0.1) is 13.2 Å². The first-order chi connectivity index (χ1) is 23.9. The van der Waals surface area contributed by atoms with Crippen molar-refractivity contribution in [2.24, 2.45) is 0 Å². The van der Waals surface area contributed by atoms with Crippen molar-refractivity contribution in [2.45, 2.75) is 179 Å². The van der Waals surface area contributed by atoms with Crippen LogP contribution >= 0.6 is 0 Å². The van der Waals surface area contributed by atoms with Gasteiger partial charge in [0.25, 0.3) is 0 Å². The minimum Gasteiger partial charge on any atom is -0.463 e. The van der Waals surface area contributed by atoms with E-state index < -0.39 is 98.8 Å². The molecule has 1 saturated heterocycles. The van der Waals surface area contributed by atoms with Gasteiger partial charge < -0.3 is 54.0 Å². The fourth-order valence-corrected chi connectivity index (χ4v) is 5.12. The van der Waals surface area contributed by atoms with Gasteiger partial charge in [-0.15, -0.1) is 0 Å². The molecule has 1 heterocycles. The van der Waals surface area contributed by atoms with Crippen LogP contribution in [0.1, 0.15) is 124 Å². The SMILES string of the molecule is CCCCCCCC(=O)O[C@@H]1[C@H](OC[C@@H](O)[C@@H](O)[C@H](O)[C@H](O)CO)O[C@H](COC(=O)CCCC)[C@@H](OC(=O)CCCC)[C@@H]1OC(=O)CCCC. The van der Waals surface area contributed by atoms with Gasteiger partial charge in [-0.25, -0.2) is 0 Å². The van der Waals surface area contributed by atoms with Crippen molar-refractivity contribution in [3.8, 4) is 0 Å². The Balaban J connectivity index is 3.52. The van der Waals surface area contributed by atoms with E-state index in [-0.39, 0.29) is 25.7 Å². The average Bonchev–Trinajstić information content (AvgIpc) is 3.11. The molecule has 1 aliphatic rings. The van der Waals surface area contributed by atoms with E-state index in [1.54, 1.807) is 0 Å². The summed E-state index contributed by atoms with van der Waals surface area (Å²) in [7, 11) is 0. The molecule has 0 aliphatic carbocycles. The van der Waals surface area contributed by atoms with Crippen molar-refractivity contribution in [3.05, 3.63) is 0 Å². The smallest absolute Gasteiger partial charge is 0.306 e. The Morgan fingerprint density at radius 3 is 1.58 bits per heavy atom. The van der Waals surface area contributed by atoms with Crippen molar-refractivity contribution >= 4 is 23.9 Å². The first kappa shape index (κ1) is 45.6. The predicted molar refractivity (Wildman–Crippen MR) is 178 cm³/mol.